The Bertz CT molecular complexity index is 727. The van der Waals surface area contributed by atoms with E-state index in [0.717, 1.165) is 0 Å². The van der Waals surface area contributed by atoms with Gasteiger partial charge in [0.1, 0.15) is 6.33 Å². The molecular weight excluding hydrogens is 302 g/mol. The summed E-state index contributed by atoms with van der Waals surface area (Å²) in [6, 6.07) is 6.94. The van der Waals surface area contributed by atoms with Crippen LogP contribution in [0.15, 0.2) is 40.2 Å². The van der Waals surface area contributed by atoms with Crippen molar-refractivity contribution in [3.8, 4) is 0 Å². The second-order valence-electron chi connectivity index (χ2n) is 3.77. The Morgan fingerprint density at radius 2 is 2.40 bits per heavy atom. The maximum absolute atomic E-state index is 11.8. The molecule has 0 atom stereocenters. The lowest BCUT2D eigenvalue weighted by Crippen LogP contribution is -2.13. The van der Waals surface area contributed by atoms with Gasteiger partial charge in [-0.1, -0.05) is 34.5 Å². The van der Waals surface area contributed by atoms with Crippen molar-refractivity contribution >= 4 is 40.8 Å². The number of hydrogen-bond acceptors (Lipinski definition) is 6. The van der Waals surface area contributed by atoms with E-state index in [1.807, 2.05) is 0 Å². The van der Waals surface area contributed by atoms with Crippen molar-refractivity contribution < 1.29 is 9.21 Å². The average Bonchev–Trinajstić information content (AvgIpc) is 2.97. The minimum atomic E-state index is -0.175. The van der Waals surface area contributed by atoms with Gasteiger partial charge in [0.15, 0.2) is 0 Å². The summed E-state index contributed by atoms with van der Waals surface area (Å²) in [4.78, 5) is 11.8. The molecular formula is C11H8ClN5O2S. The Hall–Kier alpha value is -2.06. The van der Waals surface area contributed by atoms with E-state index in [1.54, 1.807) is 24.3 Å². The Morgan fingerprint density at radius 3 is 3.20 bits per heavy atom. The predicted octanol–water partition coefficient (Wildman–Crippen LogP) is 2.10. The highest BCUT2D eigenvalue weighted by Crippen LogP contribution is 2.19. The fraction of sp³-hybridized carbons (Fsp3) is 0.0909. The molecule has 9 heteroatoms. The van der Waals surface area contributed by atoms with E-state index in [0.29, 0.717) is 21.8 Å². The molecule has 3 aromatic rings. The highest BCUT2D eigenvalue weighted by Gasteiger charge is 2.10. The number of carbonyl (C=O) groups excluding carboxylic acids is 1. The molecule has 7 nitrogen and oxygen atoms in total. The van der Waals surface area contributed by atoms with Gasteiger partial charge in [0, 0.05) is 10.7 Å². The van der Waals surface area contributed by atoms with Gasteiger partial charge in [-0.3, -0.25) is 4.79 Å². The fourth-order valence-corrected chi connectivity index (χ4v) is 2.29. The molecule has 0 fully saturated rings. The van der Waals surface area contributed by atoms with E-state index in [-0.39, 0.29) is 11.7 Å². The van der Waals surface area contributed by atoms with Gasteiger partial charge in [0.05, 0.1) is 5.75 Å². The summed E-state index contributed by atoms with van der Waals surface area (Å²) >= 11 is 7.01. The summed E-state index contributed by atoms with van der Waals surface area (Å²) in [5.41, 5.74) is 0.648. The third kappa shape index (κ3) is 2.91. The molecule has 2 heterocycles. The van der Waals surface area contributed by atoms with Crippen LogP contribution in [-0.4, -0.2) is 31.5 Å². The zero-order chi connectivity index (χ0) is 13.9. The third-order valence-corrected chi connectivity index (χ3v) is 3.36. The number of aromatic nitrogens is 4. The first-order valence-corrected chi connectivity index (χ1v) is 6.92. The van der Waals surface area contributed by atoms with Crippen LogP contribution in [0.2, 0.25) is 5.02 Å². The molecule has 0 saturated heterocycles. The lowest BCUT2D eigenvalue weighted by atomic mass is 10.3. The number of hydrogen-bond donors (Lipinski definition) is 1. The number of fused-ring (bicyclic) bond motifs is 1. The highest BCUT2D eigenvalue weighted by atomic mass is 35.5. The Morgan fingerprint density at radius 1 is 1.50 bits per heavy atom. The number of nitrogens with one attached hydrogen (secondary N) is 1. The number of benzene rings is 1. The molecule has 0 radical (unpaired) electrons. The van der Waals surface area contributed by atoms with Gasteiger partial charge >= 0.3 is 5.84 Å². The van der Waals surface area contributed by atoms with Crippen LogP contribution in [0.4, 0.5) is 5.69 Å². The summed E-state index contributed by atoms with van der Waals surface area (Å²) in [5, 5.41) is 15.0. The quantitative estimate of drug-likeness (QED) is 0.743. The van der Waals surface area contributed by atoms with E-state index in [2.05, 4.69) is 20.6 Å². The van der Waals surface area contributed by atoms with Crippen molar-refractivity contribution in [1.82, 2.24) is 19.8 Å². The first-order chi connectivity index (χ1) is 9.70. The van der Waals surface area contributed by atoms with Crippen LogP contribution < -0.4 is 5.32 Å². The molecule has 1 amide bonds. The summed E-state index contributed by atoms with van der Waals surface area (Å²) in [6.45, 7) is 0. The molecule has 20 heavy (non-hydrogen) atoms. The van der Waals surface area contributed by atoms with Gasteiger partial charge in [-0.15, -0.1) is 10.2 Å². The maximum atomic E-state index is 11.8. The molecule has 0 saturated carbocycles. The third-order valence-electron chi connectivity index (χ3n) is 2.30. The lowest BCUT2D eigenvalue weighted by molar-refractivity contribution is -0.113. The van der Waals surface area contributed by atoms with Crippen LogP contribution in [-0.2, 0) is 4.79 Å². The molecule has 1 aromatic carbocycles. The zero-order valence-corrected chi connectivity index (χ0v) is 11.6. The molecule has 0 unspecified atom stereocenters. The van der Waals surface area contributed by atoms with Crippen molar-refractivity contribution in [3.63, 3.8) is 0 Å². The molecule has 3 rings (SSSR count). The van der Waals surface area contributed by atoms with Crippen molar-refractivity contribution in [2.24, 2.45) is 0 Å². The van der Waals surface area contributed by atoms with E-state index in [9.17, 15) is 4.79 Å². The zero-order valence-electron chi connectivity index (χ0n) is 9.99. The standard InChI is InChI=1S/C11H8ClN5O2S/c12-7-2-1-3-8(4-7)14-9(18)5-20-11-16-17-6-13-15-10(17)19-11/h1-4,6H,5H2,(H,14,18). The Balaban J connectivity index is 1.58. The van der Waals surface area contributed by atoms with Crippen LogP contribution in [0.25, 0.3) is 5.84 Å². The van der Waals surface area contributed by atoms with Crippen LogP contribution in [0.5, 0.6) is 0 Å². The molecule has 0 aliphatic rings. The summed E-state index contributed by atoms with van der Waals surface area (Å²) in [7, 11) is 0. The van der Waals surface area contributed by atoms with E-state index < -0.39 is 0 Å². The minimum Gasteiger partial charge on any atom is -0.396 e. The van der Waals surface area contributed by atoms with Crippen LogP contribution in [0, 0.1) is 0 Å². The van der Waals surface area contributed by atoms with E-state index >= 15 is 0 Å². The van der Waals surface area contributed by atoms with Gasteiger partial charge in [0.2, 0.25) is 5.91 Å². The summed E-state index contributed by atoms with van der Waals surface area (Å²) in [6.07, 6.45) is 1.43. The van der Waals surface area contributed by atoms with E-state index in [1.165, 1.54) is 22.6 Å². The average molecular weight is 310 g/mol. The molecule has 0 spiro atoms. The summed E-state index contributed by atoms with van der Waals surface area (Å²) in [5.74, 6) is 0.290. The number of carbonyl (C=O) groups is 1. The molecule has 0 bridgehead atoms. The number of nitrogens with zero attached hydrogens (tertiary/aromatic N) is 4. The highest BCUT2D eigenvalue weighted by molar-refractivity contribution is 7.99. The Kier molecular flexibility index (Phi) is 3.57. The monoisotopic (exact) mass is 309 g/mol. The van der Waals surface area contributed by atoms with Gasteiger partial charge < -0.3 is 9.73 Å². The van der Waals surface area contributed by atoms with Crippen LogP contribution in [0.1, 0.15) is 0 Å². The number of rotatable bonds is 4. The van der Waals surface area contributed by atoms with Crippen molar-refractivity contribution in [3.05, 3.63) is 35.6 Å². The van der Waals surface area contributed by atoms with Gasteiger partial charge in [-0.25, -0.2) is 0 Å². The Labute approximate surface area is 122 Å². The maximum Gasteiger partial charge on any atom is 0.345 e. The topological polar surface area (TPSA) is 85.3 Å². The van der Waals surface area contributed by atoms with Gasteiger partial charge in [-0.05, 0) is 18.2 Å². The minimum absolute atomic E-state index is 0.170. The number of thioether (sulfide) groups is 1. The normalized spacial score (nSPS) is 10.8. The number of halogens is 1. The second-order valence-corrected chi connectivity index (χ2v) is 5.14. The molecule has 0 aliphatic carbocycles. The predicted molar refractivity (Wildman–Crippen MR) is 73.9 cm³/mol. The largest absolute Gasteiger partial charge is 0.396 e. The summed E-state index contributed by atoms with van der Waals surface area (Å²) < 4.78 is 6.67. The lowest BCUT2D eigenvalue weighted by Gasteiger charge is -2.03. The van der Waals surface area contributed by atoms with Gasteiger partial charge in [-0.2, -0.15) is 4.52 Å². The first kappa shape index (κ1) is 12.9. The van der Waals surface area contributed by atoms with Crippen molar-refractivity contribution in [1.29, 1.82) is 0 Å². The van der Waals surface area contributed by atoms with Crippen molar-refractivity contribution in [2.45, 2.75) is 5.22 Å². The van der Waals surface area contributed by atoms with Crippen LogP contribution >= 0.6 is 23.4 Å². The first-order valence-electron chi connectivity index (χ1n) is 5.56. The SMILES string of the molecule is O=C(CSc1nn2cnnc2o1)Nc1cccc(Cl)c1. The van der Waals surface area contributed by atoms with Gasteiger partial charge in [0.25, 0.3) is 5.22 Å². The van der Waals surface area contributed by atoms with Crippen molar-refractivity contribution in [2.75, 3.05) is 11.1 Å². The van der Waals surface area contributed by atoms with Crippen LogP contribution in [0.3, 0.4) is 0 Å². The number of anilines is 1. The van der Waals surface area contributed by atoms with E-state index in [4.69, 9.17) is 16.0 Å². The molecule has 102 valence electrons. The fourth-order valence-electron chi connectivity index (χ4n) is 1.49. The molecule has 2 aromatic heterocycles. The molecule has 1 N–H and O–H groups in total. The number of amides is 1. The second kappa shape index (κ2) is 5.51. The smallest absolute Gasteiger partial charge is 0.345 e. The molecule has 0 aliphatic heterocycles.